The van der Waals surface area contributed by atoms with Gasteiger partial charge in [0.2, 0.25) is 0 Å². The molecule has 0 aliphatic carbocycles. The quantitative estimate of drug-likeness (QED) is 0.654. The molecule has 8 heteroatoms. The molecular formula is C14H18FN5O2. The summed E-state index contributed by atoms with van der Waals surface area (Å²) in [6.45, 7) is 0.392. The first-order chi connectivity index (χ1) is 10.4. The lowest BCUT2D eigenvalue weighted by molar-refractivity contribution is -0.384. The molecule has 0 amide bonds. The summed E-state index contributed by atoms with van der Waals surface area (Å²) in [6, 6.07) is 3.32. The van der Waals surface area contributed by atoms with Crippen LogP contribution >= 0.6 is 0 Å². The lowest BCUT2D eigenvalue weighted by Crippen LogP contribution is -2.26. The van der Waals surface area contributed by atoms with Gasteiger partial charge in [0.05, 0.1) is 17.2 Å². The fourth-order valence-corrected chi connectivity index (χ4v) is 2.23. The Hall–Kier alpha value is -2.48. The van der Waals surface area contributed by atoms with E-state index in [1.54, 1.807) is 10.9 Å². The highest BCUT2D eigenvalue weighted by Gasteiger charge is 2.19. The summed E-state index contributed by atoms with van der Waals surface area (Å²) in [5, 5.41) is 18.1. The normalized spacial score (nSPS) is 12.4. The van der Waals surface area contributed by atoms with Crippen molar-refractivity contribution in [2.45, 2.75) is 6.04 Å². The minimum absolute atomic E-state index is 0.0448. The van der Waals surface area contributed by atoms with E-state index in [1.807, 2.05) is 32.2 Å². The predicted molar refractivity (Wildman–Crippen MR) is 81.2 cm³/mol. The highest BCUT2D eigenvalue weighted by molar-refractivity contribution is 5.61. The van der Waals surface area contributed by atoms with Crippen molar-refractivity contribution in [2.24, 2.45) is 7.05 Å². The van der Waals surface area contributed by atoms with Crippen LogP contribution < -0.4 is 5.32 Å². The van der Waals surface area contributed by atoms with Crippen LogP contribution in [0.3, 0.4) is 0 Å². The van der Waals surface area contributed by atoms with Crippen LogP contribution in [0, 0.1) is 15.9 Å². The summed E-state index contributed by atoms with van der Waals surface area (Å²) in [6.07, 6.45) is 3.62. The molecule has 1 unspecified atom stereocenters. The third-order valence-corrected chi connectivity index (χ3v) is 3.37. The van der Waals surface area contributed by atoms with Gasteiger partial charge in [0.1, 0.15) is 11.5 Å². The maximum Gasteiger partial charge on any atom is 0.292 e. The number of nitrogens with zero attached hydrogens (tertiary/aromatic N) is 4. The Labute approximate surface area is 127 Å². The lowest BCUT2D eigenvalue weighted by atomic mass is 10.1. The topological polar surface area (TPSA) is 76.2 Å². The van der Waals surface area contributed by atoms with Gasteiger partial charge in [-0.1, -0.05) is 0 Å². The van der Waals surface area contributed by atoms with E-state index in [0.29, 0.717) is 6.54 Å². The molecule has 22 heavy (non-hydrogen) atoms. The van der Waals surface area contributed by atoms with Crippen molar-refractivity contribution in [3.8, 4) is 0 Å². The van der Waals surface area contributed by atoms with Crippen molar-refractivity contribution in [3.63, 3.8) is 0 Å². The summed E-state index contributed by atoms with van der Waals surface area (Å²) in [5.41, 5.74) is 0.991. The molecule has 2 aromatic rings. The van der Waals surface area contributed by atoms with Crippen molar-refractivity contribution in [2.75, 3.05) is 26.0 Å². The first-order valence-electron chi connectivity index (χ1n) is 6.71. The second kappa shape index (κ2) is 6.52. The van der Waals surface area contributed by atoms with E-state index in [1.165, 1.54) is 0 Å². The number of hydrogen-bond donors (Lipinski definition) is 1. The fraction of sp³-hybridized carbons (Fsp3) is 0.357. The van der Waals surface area contributed by atoms with Crippen LogP contribution in [-0.2, 0) is 7.05 Å². The summed E-state index contributed by atoms with van der Waals surface area (Å²) >= 11 is 0. The smallest absolute Gasteiger partial charge is 0.292 e. The van der Waals surface area contributed by atoms with Crippen molar-refractivity contribution < 1.29 is 9.31 Å². The highest BCUT2D eigenvalue weighted by atomic mass is 19.1. The molecule has 0 saturated heterocycles. The molecule has 0 saturated carbocycles. The van der Waals surface area contributed by atoms with Crippen LogP contribution in [0.15, 0.2) is 30.6 Å². The number of halogens is 1. The molecule has 0 bridgehead atoms. The van der Waals surface area contributed by atoms with Crippen LogP contribution in [0.4, 0.5) is 15.8 Å². The highest BCUT2D eigenvalue weighted by Crippen LogP contribution is 2.26. The second-order valence-corrected chi connectivity index (χ2v) is 5.23. The zero-order chi connectivity index (χ0) is 16.3. The third kappa shape index (κ3) is 3.59. The molecule has 1 heterocycles. The zero-order valence-corrected chi connectivity index (χ0v) is 12.7. The molecule has 1 aromatic carbocycles. The molecule has 1 aromatic heterocycles. The van der Waals surface area contributed by atoms with E-state index in [0.717, 1.165) is 23.8 Å². The number of likely N-dealkylation sites (N-methyl/N-ethyl adjacent to an activating group) is 1. The molecule has 1 N–H and O–H groups in total. The fourth-order valence-electron chi connectivity index (χ4n) is 2.23. The maximum atomic E-state index is 13.3. The SMILES string of the molecule is CN(C)C(CNc1cc(F)ccc1[N+](=O)[O-])c1cnn(C)c1. The number of anilines is 1. The zero-order valence-electron chi connectivity index (χ0n) is 12.7. The van der Waals surface area contributed by atoms with E-state index >= 15 is 0 Å². The first kappa shape index (κ1) is 15.9. The molecule has 2 rings (SSSR count). The van der Waals surface area contributed by atoms with Crippen LogP contribution in [0.1, 0.15) is 11.6 Å². The van der Waals surface area contributed by atoms with E-state index in [4.69, 9.17) is 0 Å². The molecular weight excluding hydrogens is 289 g/mol. The summed E-state index contributed by atoms with van der Waals surface area (Å²) in [7, 11) is 5.62. The second-order valence-electron chi connectivity index (χ2n) is 5.23. The summed E-state index contributed by atoms with van der Waals surface area (Å²) in [5.74, 6) is -0.518. The number of nitro groups is 1. The van der Waals surface area contributed by atoms with Crippen molar-refractivity contribution in [3.05, 3.63) is 52.1 Å². The lowest BCUT2D eigenvalue weighted by Gasteiger charge is -2.24. The number of hydrogen-bond acceptors (Lipinski definition) is 5. The van der Waals surface area contributed by atoms with Crippen LogP contribution in [-0.4, -0.2) is 40.2 Å². The number of aromatic nitrogens is 2. The van der Waals surface area contributed by atoms with Gasteiger partial charge in [-0.2, -0.15) is 5.10 Å². The first-order valence-corrected chi connectivity index (χ1v) is 6.71. The van der Waals surface area contributed by atoms with Gasteiger partial charge in [0.25, 0.3) is 5.69 Å². The number of rotatable bonds is 6. The van der Waals surface area contributed by atoms with E-state index in [9.17, 15) is 14.5 Å². The number of aryl methyl sites for hydroxylation is 1. The van der Waals surface area contributed by atoms with Crippen LogP contribution in [0.2, 0.25) is 0 Å². The van der Waals surface area contributed by atoms with Gasteiger partial charge in [0, 0.05) is 37.5 Å². The van der Waals surface area contributed by atoms with Gasteiger partial charge in [-0.25, -0.2) is 4.39 Å². The number of nitrogens with one attached hydrogen (secondary N) is 1. The molecule has 7 nitrogen and oxygen atoms in total. The van der Waals surface area contributed by atoms with E-state index in [2.05, 4.69) is 10.4 Å². The van der Waals surface area contributed by atoms with E-state index < -0.39 is 10.7 Å². The van der Waals surface area contributed by atoms with Crippen molar-refractivity contribution in [1.82, 2.24) is 14.7 Å². The van der Waals surface area contributed by atoms with Crippen LogP contribution in [0.5, 0.6) is 0 Å². The van der Waals surface area contributed by atoms with Gasteiger partial charge in [-0.3, -0.25) is 14.8 Å². The van der Waals surface area contributed by atoms with Gasteiger partial charge >= 0.3 is 0 Å². The van der Waals surface area contributed by atoms with Crippen molar-refractivity contribution in [1.29, 1.82) is 0 Å². The molecule has 118 valence electrons. The largest absolute Gasteiger partial charge is 0.377 e. The molecule has 0 aliphatic rings. The third-order valence-electron chi connectivity index (χ3n) is 3.37. The number of nitro benzene ring substituents is 1. The Morgan fingerprint density at radius 3 is 2.77 bits per heavy atom. The minimum Gasteiger partial charge on any atom is -0.377 e. The Morgan fingerprint density at radius 1 is 1.50 bits per heavy atom. The molecule has 0 fully saturated rings. The molecule has 0 radical (unpaired) electrons. The summed E-state index contributed by atoms with van der Waals surface area (Å²) < 4.78 is 15.0. The van der Waals surface area contributed by atoms with Crippen LogP contribution in [0.25, 0.3) is 0 Å². The van der Waals surface area contributed by atoms with Crippen molar-refractivity contribution >= 4 is 11.4 Å². The van der Waals surface area contributed by atoms with Gasteiger partial charge in [-0.05, 0) is 20.2 Å². The minimum atomic E-state index is -0.531. The molecule has 0 spiro atoms. The molecule has 0 aliphatic heterocycles. The average molecular weight is 307 g/mol. The van der Waals surface area contributed by atoms with E-state index in [-0.39, 0.29) is 17.4 Å². The Morgan fingerprint density at radius 2 is 2.23 bits per heavy atom. The molecule has 1 atom stereocenters. The Balaban J connectivity index is 2.20. The van der Waals surface area contributed by atoms with Gasteiger partial charge in [0.15, 0.2) is 0 Å². The maximum absolute atomic E-state index is 13.3. The average Bonchev–Trinajstić information content (AvgIpc) is 2.84. The van der Waals surface area contributed by atoms with Gasteiger partial charge in [-0.15, -0.1) is 0 Å². The Kier molecular flexibility index (Phi) is 4.71. The number of benzene rings is 1. The Bertz CT molecular complexity index is 671. The monoisotopic (exact) mass is 307 g/mol. The predicted octanol–water partition coefficient (Wildman–Crippen LogP) is 2.18. The standard InChI is InChI=1S/C14H18FN5O2/c1-18(2)14(10-7-17-19(3)9-10)8-16-12-6-11(15)4-5-13(12)20(21)22/h4-7,9,14,16H,8H2,1-3H3. The summed E-state index contributed by atoms with van der Waals surface area (Å²) in [4.78, 5) is 12.4. The van der Waals surface area contributed by atoms with Gasteiger partial charge < -0.3 is 10.2 Å².